The van der Waals surface area contributed by atoms with E-state index in [0.717, 1.165) is 5.56 Å². The van der Waals surface area contributed by atoms with Gasteiger partial charge in [0.25, 0.3) is 5.91 Å². The van der Waals surface area contributed by atoms with Crippen molar-refractivity contribution < 1.29 is 19.5 Å². The maximum atomic E-state index is 12.7. The molecule has 0 radical (unpaired) electrons. The Balaban J connectivity index is 1.67. The number of aryl methyl sites for hydroxylation is 1. The minimum Gasteiger partial charge on any atom is -0.478 e. The minimum atomic E-state index is -1.04. The number of hydrogen-bond acceptors (Lipinski definition) is 6. The molecule has 0 saturated carbocycles. The lowest BCUT2D eigenvalue weighted by atomic mass is 9.95. The van der Waals surface area contributed by atoms with Gasteiger partial charge in [-0.2, -0.15) is 0 Å². The summed E-state index contributed by atoms with van der Waals surface area (Å²) >= 11 is 1.19. The van der Waals surface area contributed by atoms with Crippen LogP contribution in [-0.4, -0.2) is 43.4 Å². The van der Waals surface area contributed by atoms with Crippen molar-refractivity contribution >= 4 is 35.2 Å². The third-order valence-electron chi connectivity index (χ3n) is 5.31. The number of amides is 2. The fraction of sp³-hybridized carbons (Fsp3) is 0.269. The number of nitrogens with zero attached hydrogens (tertiary/aromatic N) is 3. The van der Waals surface area contributed by atoms with E-state index in [2.05, 4.69) is 27.4 Å². The molecule has 0 saturated heterocycles. The average Bonchev–Trinajstić information content (AvgIpc) is 3.22. The van der Waals surface area contributed by atoms with Gasteiger partial charge in [-0.3, -0.25) is 9.59 Å². The number of carbonyl (C=O) groups excluding carboxylic acids is 2. The van der Waals surface area contributed by atoms with Gasteiger partial charge in [0.05, 0.1) is 17.9 Å². The SMILES string of the molecule is C=CCn1c(CNC(=O)c2cccc(C)c2)nnc1SCC(=O)Nc1cccc(C(=O)O)c1C(C)C. The molecular formula is C26H29N5O4S. The molecule has 0 bridgehead atoms. The molecule has 0 aliphatic heterocycles. The van der Waals surface area contributed by atoms with Crippen molar-refractivity contribution in [2.45, 2.75) is 44.9 Å². The van der Waals surface area contributed by atoms with E-state index in [1.165, 1.54) is 17.8 Å². The number of allylic oxidation sites excluding steroid dienone is 1. The second kappa shape index (κ2) is 12.2. The van der Waals surface area contributed by atoms with Crippen LogP contribution in [0, 0.1) is 6.92 Å². The Kier molecular flexibility index (Phi) is 9.02. The van der Waals surface area contributed by atoms with Gasteiger partial charge in [0.15, 0.2) is 11.0 Å². The van der Waals surface area contributed by atoms with Crippen molar-refractivity contribution in [1.82, 2.24) is 20.1 Å². The summed E-state index contributed by atoms with van der Waals surface area (Å²) in [6.45, 7) is 10.0. The zero-order valence-electron chi connectivity index (χ0n) is 20.4. The van der Waals surface area contributed by atoms with Crippen molar-refractivity contribution in [2.24, 2.45) is 0 Å². The van der Waals surface area contributed by atoms with Crippen LogP contribution in [-0.2, 0) is 17.9 Å². The van der Waals surface area contributed by atoms with Gasteiger partial charge in [-0.25, -0.2) is 4.79 Å². The highest BCUT2D eigenvalue weighted by atomic mass is 32.2. The Morgan fingerprint density at radius 3 is 2.58 bits per heavy atom. The van der Waals surface area contributed by atoms with E-state index in [1.54, 1.807) is 34.9 Å². The summed E-state index contributed by atoms with van der Waals surface area (Å²) in [5.74, 6) is -1.07. The predicted molar refractivity (Wildman–Crippen MR) is 139 cm³/mol. The normalized spacial score (nSPS) is 10.8. The van der Waals surface area contributed by atoms with E-state index in [4.69, 9.17) is 0 Å². The smallest absolute Gasteiger partial charge is 0.336 e. The molecule has 2 aromatic carbocycles. The van der Waals surface area contributed by atoms with Crippen molar-refractivity contribution in [3.8, 4) is 0 Å². The Morgan fingerprint density at radius 2 is 1.92 bits per heavy atom. The lowest BCUT2D eigenvalue weighted by Gasteiger charge is -2.16. The molecule has 0 fully saturated rings. The number of aromatic nitrogens is 3. The number of benzene rings is 2. The number of carboxylic acid groups (broad SMARTS) is 1. The third kappa shape index (κ3) is 6.60. The molecule has 3 rings (SSSR count). The van der Waals surface area contributed by atoms with Crippen LogP contribution in [0.2, 0.25) is 0 Å². The van der Waals surface area contributed by atoms with Crippen LogP contribution in [0.15, 0.2) is 60.3 Å². The number of carbonyl (C=O) groups is 3. The molecule has 0 spiro atoms. The van der Waals surface area contributed by atoms with E-state index in [9.17, 15) is 19.5 Å². The van der Waals surface area contributed by atoms with Crippen molar-refractivity contribution in [3.05, 3.63) is 83.2 Å². The van der Waals surface area contributed by atoms with Crippen LogP contribution in [0.1, 0.15) is 57.4 Å². The van der Waals surface area contributed by atoms with Crippen LogP contribution in [0.25, 0.3) is 0 Å². The Labute approximate surface area is 214 Å². The summed E-state index contributed by atoms with van der Waals surface area (Å²) in [6.07, 6.45) is 1.69. The van der Waals surface area contributed by atoms with Crippen molar-refractivity contribution in [2.75, 3.05) is 11.1 Å². The summed E-state index contributed by atoms with van der Waals surface area (Å²) in [5, 5.41) is 24.0. The van der Waals surface area contributed by atoms with Gasteiger partial charge in [0.2, 0.25) is 5.91 Å². The van der Waals surface area contributed by atoms with E-state index < -0.39 is 5.97 Å². The second-order valence-electron chi connectivity index (χ2n) is 8.41. The number of thioether (sulfide) groups is 1. The maximum Gasteiger partial charge on any atom is 0.336 e. The monoisotopic (exact) mass is 507 g/mol. The second-order valence-corrected chi connectivity index (χ2v) is 9.36. The van der Waals surface area contributed by atoms with Gasteiger partial charge in [0.1, 0.15) is 0 Å². The van der Waals surface area contributed by atoms with E-state index in [0.29, 0.717) is 34.3 Å². The van der Waals surface area contributed by atoms with Gasteiger partial charge in [-0.1, -0.05) is 55.4 Å². The molecule has 9 nitrogen and oxygen atoms in total. The Morgan fingerprint density at radius 1 is 1.17 bits per heavy atom. The van der Waals surface area contributed by atoms with Gasteiger partial charge in [-0.05, 0) is 42.7 Å². The summed E-state index contributed by atoms with van der Waals surface area (Å²) < 4.78 is 1.78. The summed E-state index contributed by atoms with van der Waals surface area (Å²) in [5.41, 5.74) is 2.76. The molecule has 3 aromatic rings. The van der Waals surface area contributed by atoms with Crippen LogP contribution in [0.4, 0.5) is 5.69 Å². The van der Waals surface area contributed by atoms with Crippen LogP contribution < -0.4 is 10.6 Å². The van der Waals surface area contributed by atoms with Gasteiger partial charge >= 0.3 is 5.97 Å². The third-order valence-corrected chi connectivity index (χ3v) is 6.28. The fourth-order valence-electron chi connectivity index (χ4n) is 3.72. The number of carboxylic acids is 1. The van der Waals surface area contributed by atoms with Crippen molar-refractivity contribution in [1.29, 1.82) is 0 Å². The number of anilines is 1. The predicted octanol–water partition coefficient (Wildman–Crippen LogP) is 4.25. The molecule has 2 amide bonds. The van der Waals surface area contributed by atoms with Gasteiger partial charge < -0.3 is 20.3 Å². The highest BCUT2D eigenvalue weighted by Gasteiger charge is 2.19. The first-order chi connectivity index (χ1) is 17.2. The molecule has 1 aromatic heterocycles. The zero-order valence-corrected chi connectivity index (χ0v) is 21.3. The first-order valence-electron chi connectivity index (χ1n) is 11.4. The summed E-state index contributed by atoms with van der Waals surface area (Å²) in [6, 6.07) is 12.1. The molecule has 0 unspecified atom stereocenters. The quantitative estimate of drug-likeness (QED) is 0.262. The average molecular weight is 508 g/mol. The van der Waals surface area contributed by atoms with Crippen molar-refractivity contribution in [3.63, 3.8) is 0 Å². The molecular weight excluding hydrogens is 478 g/mol. The molecule has 0 atom stereocenters. The molecule has 0 aliphatic carbocycles. The van der Waals surface area contributed by atoms with Crippen LogP contribution >= 0.6 is 11.8 Å². The summed E-state index contributed by atoms with van der Waals surface area (Å²) in [7, 11) is 0. The highest BCUT2D eigenvalue weighted by molar-refractivity contribution is 7.99. The molecule has 3 N–H and O–H groups in total. The fourth-order valence-corrected chi connectivity index (χ4v) is 4.48. The largest absolute Gasteiger partial charge is 0.478 e. The molecule has 188 valence electrons. The molecule has 0 aliphatic rings. The first-order valence-corrected chi connectivity index (χ1v) is 12.4. The number of rotatable bonds is 11. The van der Waals surface area contributed by atoms with Gasteiger partial charge in [-0.15, -0.1) is 16.8 Å². The molecule has 36 heavy (non-hydrogen) atoms. The highest BCUT2D eigenvalue weighted by Crippen LogP contribution is 2.28. The topological polar surface area (TPSA) is 126 Å². The molecule has 1 heterocycles. The van der Waals surface area contributed by atoms with E-state index >= 15 is 0 Å². The zero-order chi connectivity index (χ0) is 26.2. The minimum absolute atomic E-state index is 0.0414. The summed E-state index contributed by atoms with van der Waals surface area (Å²) in [4.78, 5) is 36.8. The Hall–Kier alpha value is -3.92. The lowest BCUT2D eigenvalue weighted by Crippen LogP contribution is -2.25. The van der Waals surface area contributed by atoms with Crippen LogP contribution in [0.3, 0.4) is 0 Å². The number of hydrogen-bond donors (Lipinski definition) is 3. The van der Waals surface area contributed by atoms with Crippen LogP contribution in [0.5, 0.6) is 0 Å². The van der Waals surface area contributed by atoms with E-state index in [-0.39, 0.29) is 35.6 Å². The number of aromatic carboxylic acids is 1. The standard InChI is InChI=1S/C26H29N5O4S/c1-5-12-31-21(14-27-24(33)18-9-6-8-17(4)13-18)29-30-26(31)36-15-22(32)28-20-11-7-10-19(25(34)35)23(20)16(2)3/h5-11,13,16H,1,12,14-15H2,2-4H3,(H,27,33)(H,28,32)(H,34,35). The lowest BCUT2D eigenvalue weighted by molar-refractivity contribution is -0.113. The maximum absolute atomic E-state index is 12.7. The molecule has 10 heteroatoms. The Bertz CT molecular complexity index is 1290. The first kappa shape index (κ1) is 26.7. The van der Waals surface area contributed by atoms with E-state index in [1.807, 2.05) is 32.9 Å². The van der Waals surface area contributed by atoms with Gasteiger partial charge in [0, 0.05) is 17.8 Å². The number of nitrogens with one attached hydrogen (secondary N) is 2.